The number of hydrogen-bond donors (Lipinski definition) is 0. The van der Waals surface area contributed by atoms with E-state index in [2.05, 4.69) is 20.9 Å². The number of aromatic nitrogens is 2. The molecular weight excluding hydrogens is 380 g/mol. The maximum atomic E-state index is 13.8. The zero-order chi connectivity index (χ0) is 16.6. The first-order valence-corrected chi connectivity index (χ1v) is 7.25. The van der Waals surface area contributed by atoms with Crippen molar-refractivity contribution in [3.63, 3.8) is 0 Å². The molecule has 3 nitrogen and oxygen atoms in total. The van der Waals surface area contributed by atoms with Crippen molar-refractivity contribution < 1.29 is 22.3 Å². The quantitative estimate of drug-likeness (QED) is 0.600. The van der Waals surface area contributed by atoms with Gasteiger partial charge in [0.1, 0.15) is 21.8 Å². The summed E-state index contributed by atoms with van der Waals surface area (Å²) < 4.78 is 57.8. The number of hydrogen-bond acceptors (Lipinski definition) is 2. The number of imidazole rings is 1. The van der Waals surface area contributed by atoms with E-state index in [0.717, 1.165) is 0 Å². The highest BCUT2D eigenvalue weighted by Gasteiger charge is 2.29. The minimum absolute atomic E-state index is 0.0106. The Bertz CT molecular complexity index is 860. The van der Waals surface area contributed by atoms with Crippen LogP contribution >= 0.6 is 15.9 Å². The lowest BCUT2D eigenvalue weighted by Gasteiger charge is -2.13. The van der Waals surface area contributed by atoms with Gasteiger partial charge in [0.2, 0.25) is 0 Å². The van der Waals surface area contributed by atoms with Crippen LogP contribution < -0.4 is 4.74 Å². The average Bonchev–Trinajstić information content (AvgIpc) is 2.84. The summed E-state index contributed by atoms with van der Waals surface area (Å²) in [6, 6.07) is 7.36. The van der Waals surface area contributed by atoms with Gasteiger partial charge in [-0.05, 0) is 28.1 Å². The van der Waals surface area contributed by atoms with Crippen molar-refractivity contribution in [1.29, 1.82) is 0 Å². The number of pyridine rings is 1. The lowest BCUT2D eigenvalue weighted by Crippen LogP contribution is -2.19. The smallest absolute Gasteiger partial charge is 0.422 e. The zero-order valence-corrected chi connectivity index (χ0v) is 13.0. The molecule has 0 unspecified atom stereocenters. The van der Waals surface area contributed by atoms with Crippen LogP contribution in [0.5, 0.6) is 5.75 Å². The van der Waals surface area contributed by atoms with Gasteiger partial charge in [-0.3, -0.25) is 0 Å². The van der Waals surface area contributed by atoms with Gasteiger partial charge in [-0.25, -0.2) is 9.37 Å². The van der Waals surface area contributed by atoms with Crippen LogP contribution in [0.1, 0.15) is 0 Å². The van der Waals surface area contributed by atoms with E-state index in [4.69, 9.17) is 4.74 Å². The van der Waals surface area contributed by atoms with E-state index < -0.39 is 18.6 Å². The van der Waals surface area contributed by atoms with Crippen molar-refractivity contribution in [3.8, 4) is 16.9 Å². The molecule has 0 aliphatic rings. The SMILES string of the molecule is Fc1cc(-c2ccccc2OCC(F)(F)F)c2nc(Br)cn2c1. The van der Waals surface area contributed by atoms with Gasteiger partial charge in [0, 0.05) is 23.5 Å². The highest BCUT2D eigenvalue weighted by molar-refractivity contribution is 9.10. The van der Waals surface area contributed by atoms with Crippen molar-refractivity contribution in [2.24, 2.45) is 0 Å². The predicted octanol–water partition coefficient (Wildman–Crippen LogP) is 4.84. The van der Waals surface area contributed by atoms with Crippen LogP contribution in [0.4, 0.5) is 17.6 Å². The molecule has 0 radical (unpaired) electrons. The first-order chi connectivity index (χ1) is 10.8. The Morgan fingerprint density at radius 2 is 1.87 bits per heavy atom. The average molecular weight is 389 g/mol. The number of fused-ring (bicyclic) bond motifs is 1. The molecule has 0 spiro atoms. The van der Waals surface area contributed by atoms with E-state index in [1.165, 1.54) is 22.7 Å². The second-order valence-corrected chi connectivity index (χ2v) is 5.58. The molecule has 2 heterocycles. The third kappa shape index (κ3) is 3.47. The van der Waals surface area contributed by atoms with Crippen molar-refractivity contribution in [2.75, 3.05) is 6.61 Å². The molecule has 2 aromatic heterocycles. The van der Waals surface area contributed by atoms with Gasteiger partial charge in [-0.2, -0.15) is 13.2 Å². The van der Waals surface area contributed by atoms with Crippen LogP contribution in [0.15, 0.2) is 47.3 Å². The van der Waals surface area contributed by atoms with Gasteiger partial charge in [0.05, 0.1) is 0 Å². The van der Waals surface area contributed by atoms with E-state index in [0.29, 0.717) is 21.4 Å². The molecule has 0 aliphatic heterocycles. The summed E-state index contributed by atoms with van der Waals surface area (Å²) in [4.78, 5) is 4.22. The Hall–Kier alpha value is -2.09. The standard InChI is InChI=1S/C15H9BrF4N2O/c16-13-7-22-6-9(17)5-11(14(22)21-13)10-3-1-2-4-12(10)23-8-15(18,19)20/h1-7H,8H2. The highest BCUT2D eigenvalue weighted by Crippen LogP contribution is 2.34. The minimum Gasteiger partial charge on any atom is -0.483 e. The van der Waals surface area contributed by atoms with Gasteiger partial charge >= 0.3 is 6.18 Å². The molecule has 0 N–H and O–H groups in total. The zero-order valence-electron chi connectivity index (χ0n) is 11.4. The van der Waals surface area contributed by atoms with Gasteiger partial charge in [0.25, 0.3) is 0 Å². The molecule has 8 heteroatoms. The van der Waals surface area contributed by atoms with Crippen LogP contribution in [-0.4, -0.2) is 22.2 Å². The number of nitrogens with zero attached hydrogens (tertiary/aromatic N) is 2. The second kappa shape index (κ2) is 5.84. The van der Waals surface area contributed by atoms with Crippen LogP contribution in [0.3, 0.4) is 0 Å². The topological polar surface area (TPSA) is 26.5 Å². The van der Waals surface area contributed by atoms with Gasteiger partial charge in [-0.1, -0.05) is 18.2 Å². The van der Waals surface area contributed by atoms with Crippen LogP contribution in [-0.2, 0) is 0 Å². The Morgan fingerprint density at radius 3 is 2.61 bits per heavy atom. The number of benzene rings is 1. The maximum absolute atomic E-state index is 13.8. The lowest BCUT2D eigenvalue weighted by molar-refractivity contribution is -0.153. The normalized spacial score (nSPS) is 11.9. The number of ether oxygens (including phenoxy) is 1. The van der Waals surface area contributed by atoms with Crippen LogP contribution in [0, 0.1) is 5.82 Å². The van der Waals surface area contributed by atoms with E-state index in [9.17, 15) is 17.6 Å². The maximum Gasteiger partial charge on any atom is 0.422 e. The molecule has 0 saturated carbocycles. The number of rotatable bonds is 3. The Balaban J connectivity index is 2.12. The summed E-state index contributed by atoms with van der Waals surface area (Å²) >= 11 is 3.20. The molecule has 23 heavy (non-hydrogen) atoms. The molecule has 120 valence electrons. The molecule has 0 aliphatic carbocycles. The predicted molar refractivity (Wildman–Crippen MR) is 79.8 cm³/mol. The third-order valence-electron chi connectivity index (χ3n) is 3.06. The summed E-state index contributed by atoms with van der Waals surface area (Å²) in [6.45, 7) is -1.42. The molecular formula is C15H9BrF4N2O. The summed E-state index contributed by atoms with van der Waals surface area (Å²) in [5.41, 5.74) is 1.08. The fraction of sp³-hybridized carbons (Fsp3) is 0.133. The monoisotopic (exact) mass is 388 g/mol. The van der Waals surface area contributed by atoms with Crippen molar-refractivity contribution in [2.45, 2.75) is 6.18 Å². The number of alkyl halides is 3. The Labute approximate surface area is 136 Å². The minimum atomic E-state index is -4.46. The molecule has 0 amide bonds. The highest BCUT2D eigenvalue weighted by atomic mass is 79.9. The first kappa shape index (κ1) is 15.8. The number of halogens is 5. The molecule has 0 atom stereocenters. The molecule has 1 aromatic carbocycles. The fourth-order valence-corrected chi connectivity index (χ4v) is 2.60. The molecule has 3 rings (SSSR count). The third-order valence-corrected chi connectivity index (χ3v) is 3.44. The van der Waals surface area contributed by atoms with Gasteiger partial charge in [-0.15, -0.1) is 0 Å². The van der Waals surface area contributed by atoms with E-state index >= 15 is 0 Å². The molecule has 0 saturated heterocycles. The van der Waals surface area contributed by atoms with Crippen molar-refractivity contribution in [1.82, 2.24) is 9.38 Å². The van der Waals surface area contributed by atoms with Gasteiger partial charge in [0.15, 0.2) is 6.61 Å². The van der Waals surface area contributed by atoms with Crippen LogP contribution in [0.25, 0.3) is 16.8 Å². The summed E-state index contributed by atoms with van der Waals surface area (Å²) in [5.74, 6) is -0.528. The molecule has 3 aromatic rings. The van der Waals surface area contributed by atoms with Gasteiger partial charge < -0.3 is 9.14 Å². The van der Waals surface area contributed by atoms with Crippen LogP contribution in [0.2, 0.25) is 0 Å². The lowest BCUT2D eigenvalue weighted by atomic mass is 10.1. The molecule has 0 fully saturated rings. The Kier molecular flexibility index (Phi) is 4.01. The van der Waals surface area contributed by atoms with E-state index in [-0.39, 0.29) is 5.75 Å². The second-order valence-electron chi connectivity index (χ2n) is 4.77. The first-order valence-electron chi connectivity index (χ1n) is 6.46. The molecule has 0 bridgehead atoms. The van der Waals surface area contributed by atoms with Crippen molar-refractivity contribution in [3.05, 3.63) is 53.1 Å². The van der Waals surface area contributed by atoms with E-state index in [1.54, 1.807) is 24.4 Å². The fourth-order valence-electron chi connectivity index (χ4n) is 2.21. The summed E-state index contributed by atoms with van der Waals surface area (Å²) in [5, 5.41) is 0. The number of para-hydroxylation sites is 1. The summed E-state index contributed by atoms with van der Waals surface area (Å²) in [6.07, 6.45) is -1.67. The Morgan fingerprint density at radius 1 is 1.13 bits per heavy atom. The van der Waals surface area contributed by atoms with Crippen molar-refractivity contribution >= 4 is 21.6 Å². The summed E-state index contributed by atoms with van der Waals surface area (Å²) in [7, 11) is 0. The largest absolute Gasteiger partial charge is 0.483 e. The van der Waals surface area contributed by atoms with E-state index in [1.807, 2.05) is 0 Å².